The van der Waals surface area contributed by atoms with Gasteiger partial charge in [-0.3, -0.25) is 5.10 Å². The van der Waals surface area contributed by atoms with Crippen LogP contribution in [0.15, 0.2) is 53.7 Å². The molecule has 0 aliphatic rings. The van der Waals surface area contributed by atoms with E-state index < -0.39 is 0 Å². The van der Waals surface area contributed by atoms with Crippen LogP contribution in [-0.2, 0) is 5.75 Å². The summed E-state index contributed by atoms with van der Waals surface area (Å²) in [6, 6.07) is 15.5. The Balaban J connectivity index is 1.69. The number of rotatable bonds is 5. The number of hydrogen-bond donors (Lipinski definition) is 1. The van der Waals surface area contributed by atoms with Crippen molar-refractivity contribution in [3.05, 3.63) is 59.1 Å². The molecule has 1 heterocycles. The van der Waals surface area contributed by atoms with Crippen LogP contribution in [0.1, 0.15) is 5.56 Å². The summed E-state index contributed by atoms with van der Waals surface area (Å²) >= 11 is 7.69. The standard InChI is InChI=1S/C16H14ClN3OS/c1-21-13-8-6-11(7-9-13)15-18-16(20-19-15)22-10-12-4-2-3-5-14(12)17/h2-9H,10H2,1H3,(H,18,19,20). The molecule has 0 unspecified atom stereocenters. The Hall–Kier alpha value is -1.98. The van der Waals surface area contributed by atoms with Gasteiger partial charge in [0.1, 0.15) is 5.75 Å². The molecule has 3 rings (SSSR count). The van der Waals surface area contributed by atoms with Crippen LogP contribution in [0.4, 0.5) is 0 Å². The van der Waals surface area contributed by atoms with Crippen LogP contribution in [-0.4, -0.2) is 22.3 Å². The van der Waals surface area contributed by atoms with Gasteiger partial charge in [-0.15, -0.1) is 5.10 Å². The van der Waals surface area contributed by atoms with E-state index in [1.54, 1.807) is 18.9 Å². The topological polar surface area (TPSA) is 50.8 Å². The maximum absolute atomic E-state index is 6.15. The summed E-state index contributed by atoms with van der Waals surface area (Å²) in [6.07, 6.45) is 0. The molecule has 0 saturated carbocycles. The number of nitrogens with zero attached hydrogens (tertiary/aromatic N) is 2. The smallest absolute Gasteiger partial charge is 0.209 e. The number of halogens is 1. The van der Waals surface area contributed by atoms with E-state index in [9.17, 15) is 0 Å². The quantitative estimate of drug-likeness (QED) is 0.703. The van der Waals surface area contributed by atoms with Crippen molar-refractivity contribution in [2.75, 3.05) is 7.11 Å². The van der Waals surface area contributed by atoms with Crippen LogP contribution in [0.2, 0.25) is 5.02 Å². The van der Waals surface area contributed by atoms with Gasteiger partial charge in [0, 0.05) is 16.3 Å². The van der Waals surface area contributed by atoms with Gasteiger partial charge >= 0.3 is 0 Å². The predicted octanol–water partition coefficient (Wildman–Crippen LogP) is 4.43. The van der Waals surface area contributed by atoms with Gasteiger partial charge in [-0.2, -0.15) is 0 Å². The Kier molecular flexibility index (Phi) is 4.65. The van der Waals surface area contributed by atoms with E-state index in [-0.39, 0.29) is 0 Å². The fourth-order valence-electron chi connectivity index (χ4n) is 1.95. The number of thioether (sulfide) groups is 1. The minimum atomic E-state index is 0.700. The minimum Gasteiger partial charge on any atom is -0.497 e. The molecule has 0 fully saturated rings. The summed E-state index contributed by atoms with van der Waals surface area (Å²) in [4.78, 5) is 4.49. The number of benzene rings is 2. The van der Waals surface area contributed by atoms with Crippen molar-refractivity contribution >= 4 is 23.4 Å². The summed E-state index contributed by atoms with van der Waals surface area (Å²) in [7, 11) is 1.65. The molecule has 0 aliphatic heterocycles. The second kappa shape index (κ2) is 6.85. The predicted molar refractivity (Wildman–Crippen MR) is 89.4 cm³/mol. The summed E-state index contributed by atoms with van der Waals surface area (Å²) < 4.78 is 5.15. The van der Waals surface area contributed by atoms with Gasteiger partial charge in [-0.1, -0.05) is 41.6 Å². The first kappa shape index (κ1) is 14.9. The van der Waals surface area contributed by atoms with Gasteiger partial charge in [0.05, 0.1) is 7.11 Å². The third-order valence-electron chi connectivity index (χ3n) is 3.14. The molecule has 22 heavy (non-hydrogen) atoms. The van der Waals surface area contributed by atoms with E-state index in [1.807, 2.05) is 48.5 Å². The van der Waals surface area contributed by atoms with Gasteiger partial charge in [-0.25, -0.2) is 4.98 Å². The molecule has 0 aliphatic carbocycles. The second-order valence-electron chi connectivity index (χ2n) is 4.58. The lowest BCUT2D eigenvalue weighted by atomic mass is 10.2. The second-order valence-corrected chi connectivity index (χ2v) is 5.92. The Bertz CT molecular complexity index is 758. The van der Waals surface area contributed by atoms with Gasteiger partial charge in [0.15, 0.2) is 5.82 Å². The van der Waals surface area contributed by atoms with E-state index in [1.165, 1.54) is 0 Å². The molecule has 0 bridgehead atoms. The van der Waals surface area contributed by atoms with E-state index in [0.29, 0.717) is 5.16 Å². The molecule has 0 saturated heterocycles. The van der Waals surface area contributed by atoms with Crippen molar-refractivity contribution in [2.24, 2.45) is 0 Å². The average Bonchev–Trinajstić information content (AvgIpc) is 3.03. The van der Waals surface area contributed by atoms with Gasteiger partial charge in [0.25, 0.3) is 0 Å². The summed E-state index contributed by atoms with van der Waals surface area (Å²) in [6.45, 7) is 0. The van der Waals surface area contributed by atoms with Gasteiger partial charge < -0.3 is 4.74 Å². The molecule has 1 N–H and O–H groups in total. The molecule has 112 valence electrons. The average molecular weight is 332 g/mol. The Morgan fingerprint density at radius 3 is 2.64 bits per heavy atom. The molecule has 1 aromatic heterocycles. The SMILES string of the molecule is COc1ccc(-c2nc(SCc3ccccc3Cl)n[nH]2)cc1. The largest absolute Gasteiger partial charge is 0.497 e. The molecular weight excluding hydrogens is 318 g/mol. The van der Waals surface area contributed by atoms with Crippen molar-refractivity contribution in [3.8, 4) is 17.1 Å². The maximum Gasteiger partial charge on any atom is 0.209 e. The number of aromatic amines is 1. The van der Waals surface area contributed by atoms with Crippen LogP contribution in [0.3, 0.4) is 0 Å². The fraction of sp³-hybridized carbons (Fsp3) is 0.125. The number of aromatic nitrogens is 3. The number of ether oxygens (including phenoxy) is 1. The van der Waals surface area contributed by atoms with E-state index in [0.717, 1.165) is 33.5 Å². The number of methoxy groups -OCH3 is 1. The molecule has 6 heteroatoms. The van der Waals surface area contributed by atoms with Crippen LogP contribution in [0.5, 0.6) is 5.75 Å². The maximum atomic E-state index is 6.15. The lowest BCUT2D eigenvalue weighted by molar-refractivity contribution is 0.415. The molecule has 0 amide bonds. The minimum absolute atomic E-state index is 0.700. The monoisotopic (exact) mass is 331 g/mol. The molecule has 4 nitrogen and oxygen atoms in total. The van der Waals surface area contributed by atoms with Crippen molar-refractivity contribution < 1.29 is 4.74 Å². The number of nitrogens with one attached hydrogen (secondary N) is 1. The lowest BCUT2D eigenvalue weighted by Gasteiger charge is -2.01. The van der Waals surface area contributed by atoms with Gasteiger partial charge in [0.2, 0.25) is 5.16 Å². The number of H-pyrrole nitrogens is 1. The first-order valence-corrected chi connectivity index (χ1v) is 8.05. The molecule has 0 atom stereocenters. The first-order valence-electron chi connectivity index (χ1n) is 6.69. The van der Waals surface area contributed by atoms with Crippen LogP contribution in [0.25, 0.3) is 11.4 Å². The van der Waals surface area contributed by atoms with E-state index in [4.69, 9.17) is 16.3 Å². The lowest BCUT2D eigenvalue weighted by Crippen LogP contribution is -1.84. The Morgan fingerprint density at radius 2 is 1.91 bits per heavy atom. The third-order valence-corrected chi connectivity index (χ3v) is 4.41. The van der Waals surface area contributed by atoms with Gasteiger partial charge in [-0.05, 0) is 35.9 Å². The van der Waals surface area contributed by atoms with Crippen LogP contribution in [0, 0.1) is 0 Å². The van der Waals surface area contributed by atoms with Crippen molar-refractivity contribution in [3.63, 3.8) is 0 Å². The normalized spacial score (nSPS) is 10.6. The Morgan fingerprint density at radius 1 is 1.14 bits per heavy atom. The van der Waals surface area contributed by atoms with Crippen LogP contribution >= 0.6 is 23.4 Å². The Labute approximate surface area is 137 Å². The summed E-state index contributed by atoms with van der Waals surface area (Å²) in [5.41, 5.74) is 2.04. The highest BCUT2D eigenvalue weighted by Gasteiger charge is 2.08. The zero-order chi connectivity index (χ0) is 15.4. The molecule has 0 radical (unpaired) electrons. The number of hydrogen-bond acceptors (Lipinski definition) is 4. The van der Waals surface area contributed by atoms with E-state index in [2.05, 4.69) is 15.2 Å². The molecule has 3 aromatic rings. The third kappa shape index (κ3) is 3.43. The summed E-state index contributed by atoms with van der Waals surface area (Å²) in [5, 5.41) is 8.65. The fourth-order valence-corrected chi connectivity index (χ4v) is 3.03. The molecule has 0 spiro atoms. The zero-order valence-corrected chi connectivity index (χ0v) is 13.5. The molecular formula is C16H14ClN3OS. The first-order chi connectivity index (χ1) is 10.8. The van der Waals surface area contributed by atoms with Crippen molar-refractivity contribution in [2.45, 2.75) is 10.9 Å². The highest BCUT2D eigenvalue weighted by atomic mass is 35.5. The van der Waals surface area contributed by atoms with E-state index >= 15 is 0 Å². The highest BCUT2D eigenvalue weighted by molar-refractivity contribution is 7.98. The van der Waals surface area contributed by atoms with Crippen molar-refractivity contribution in [1.29, 1.82) is 0 Å². The van der Waals surface area contributed by atoms with Crippen LogP contribution < -0.4 is 4.74 Å². The van der Waals surface area contributed by atoms with Crippen molar-refractivity contribution in [1.82, 2.24) is 15.2 Å². The molecule has 2 aromatic carbocycles. The zero-order valence-electron chi connectivity index (χ0n) is 11.9. The summed E-state index contributed by atoms with van der Waals surface area (Å²) in [5.74, 6) is 2.29. The highest BCUT2D eigenvalue weighted by Crippen LogP contribution is 2.26.